The molecule has 2 atom stereocenters. The smallest absolute Gasteiger partial charge is 0.119 e. The van der Waals surface area contributed by atoms with Gasteiger partial charge in [-0.25, -0.2) is 0 Å². The number of anilines is 1. The summed E-state index contributed by atoms with van der Waals surface area (Å²) in [6.45, 7) is 4.87. The Morgan fingerprint density at radius 2 is 2.16 bits per heavy atom. The molecular formula is C15H24N2O2. The lowest BCUT2D eigenvalue weighted by molar-refractivity contribution is 0.0724. The van der Waals surface area contributed by atoms with Crippen molar-refractivity contribution in [3.05, 3.63) is 24.3 Å². The minimum absolute atomic E-state index is 0.462. The summed E-state index contributed by atoms with van der Waals surface area (Å²) in [6, 6.07) is 9.12. The number of rotatable bonds is 5. The van der Waals surface area contributed by atoms with Crippen molar-refractivity contribution in [3.63, 3.8) is 0 Å². The first-order valence-electron chi connectivity index (χ1n) is 6.88. The molecule has 19 heavy (non-hydrogen) atoms. The molecule has 1 fully saturated rings. The molecule has 1 saturated heterocycles. The van der Waals surface area contributed by atoms with Crippen molar-refractivity contribution < 1.29 is 9.47 Å². The Balaban J connectivity index is 1.91. The average molecular weight is 264 g/mol. The van der Waals surface area contributed by atoms with Gasteiger partial charge in [-0.15, -0.1) is 0 Å². The Morgan fingerprint density at radius 1 is 1.42 bits per heavy atom. The minimum atomic E-state index is 0.462. The Hall–Kier alpha value is -1.26. The maximum Gasteiger partial charge on any atom is 0.119 e. The highest BCUT2D eigenvalue weighted by molar-refractivity contribution is 5.49. The van der Waals surface area contributed by atoms with E-state index < -0.39 is 0 Å². The average Bonchev–Trinajstić information content (AvgIpc) is 2.47. The summed E-state index contributed by atoms with van der Waals surface area (Å²) in [5.74, 6) is 0.896. The van der Waals surface area contributed by atoms with E-state index >= 15 is 0 Å². The standard InChI is InChI=1S/C15H24N2O2/c1-12(10-13-11-19-9-8-16-13)17(2)14-4-6-15(18-3)7-5-14/h4-7,12-13,16H,8-11H2,1-3H3. The molecule has 1 aromatic rings. The Morgan fingerprint density at radius 3 is 2.74 bits per heavy atom. The van der Waals surface area contributed by atoms with E-state index in [0.29, 0.717) is 12.1 Å². The molecule has 0 amide bonds. The molecule has 0 saturated carbocycles. The first-order valence-corrected chi connectivity index (χ1v) is 6.88. The summed E-state index contributed by atoms with van der Waals surface area (Å²) in [5, 5.41) is 3.50. The SMILES string of the molecule is COc1ccc(N(C)C(C)CC2COCCN2)cc1. The van der Waals surface area contributed by atoms with Gasteiger partial charge in [0, 0.05) is 31.4 Å². The van der Waals surface area contributed by atoms with E-state index in [1.54, 1.807) is 7.11 Å². The fraction of sp³-hybridized carbons (Fsp3) is 0.600. The van der Waals surface area contributed by atoms with Gasteiger partial charge in [-0.05, 0) is 37.6 Å². The molecule has 106 valence electrons. The lowest BCUT2D eigenvalue weighted by Crippen LogP contribution is -2.45. The molecule has 0 bridgehead atoms. The number of nitrogens with one attached hydrogen (secondary N) is 1. The van der Waals surface area contributed by atoms with Crippen molar-refractivity contribution in [1.29, 1.82) is 0 Å². The highest BCUT2D eigenvalue weighted by atomic mass is 16.5. The molecule has 1 N–H and O–H groups in total. The third-order valence-electron chi connectivity index (χ3n) is 3.76. The van der Waals surface area contributed by atoms with Gasteiger partial charge in [-0.2, -0.15) is 0 Å². The van der Waals surface area contributed by atoms with Crippen LogP contribution < -0.4 is 15.0 Å². The first-order chi connectivity index (χ1) is 9.20. The monoisotopic (exact) mass is 264 g/mol. The van der Waals surface area contributed by atoms with Crippen molar-refractivity contribution in [2.24, 2.45) is 0 Å². The number of benzene rings is 1. The third-order valence-corrected chi connectivity index (χ3v) is 3.76. The van der Waals surface area contributed by atoms with E-state index in [9.17, 15) is 0 Å². The number of nitrogens with zero attached hydrogens (tertiary/aromatic N) is 1. The number of morpholine rings is 1. The van der Waals surface area contributed by atoms with Crippen LogP contribution in [-0.2, 0) is 4.74 Å². The minimum Gasteiger partial charge on any atom is -0.497 e. The zero-order valence-electron chi connectivity index (χ0n) is 12.1. The molecule has 4 nitrogen and oxygen atoms in total. The van der Waals surface area contributed by atoms with Crippen LogP contribution in [0.5, 0.6) is 5.75 Å². The van der Waals surface area contributed by atoms with E-state index in [4.69, 9.17) is 9.47 Å². The predicted molar refractivity (Wildman–Crippen MR) is 78.1 cm³/mol. The van der Waals surface area contributed by atoms with Gasteiger partial charge in [0.05, 0.1) is 20.3 Å². The maximum atomic E-state index is 5.50. The van der Waals surface area contributed by atoms with Gasteiger partial charge in [-0.3, -0.25) is 0 Å². The summed E-state index contributed by atoms with van der Waals surface area (Å²) >= 11 is 0. The van der Waals surface area contributed by atoms with Gasteiger partial charge in [0.1, 0.15) is 5.75 Å². The molecule has 0 radical (unpaired) electrons. The number of hydrogen-bond acceptors (Lipinski definition) is 4. The van der Waals surface area contributed by atoms with Crippen molar-refractivity contribution in [2.75, 3.05) is 38.8 Å². The fourth-order valence-electron chi connectivity index (χ4n) is 2.41. The van der Waals surface area contributed by atoms with Crippen LogP contribution in [0.3, 0.4) is 0 Å². The van der Waals surface area contributed by atoms with Crippen molar-refractivity contribution in [1.82, 2.24) is 5.32 Å². The van der Waals surface area contributed by atoms with E-state index in [1.807, 2.05) is 12.1 Å². The molecular weight excluding hydrogens is 240 g/mol. The second-order valence-corrected chi connectivity index (χ2v) is 5.12. The summed E-state index contributed by atoms with van der Waals surface area (Å²) in [6.07, 6.45) is 1.09. The second kappa shape index (κ2) is 6.78. The van der Waals surface area contributed by atoms with Gasteiger partial charge < -0.3 is 19.7 Å². The molecule has 0 aliphatic carbocycles. The molecule has 1 heterocycles. The molecule has 1 aliphatic rings. The number of ether oxygens (including phenoxy) is 2. The van der Waals surface area contributed by atoms with Gasteiger partial charge in [-0.1, -0.05) is 0 Å². The van der Waals surface area contributed by atoms with Crippen molar-refractivity contribution in [3.8, 4) is 5.75 Å². The maximum absolute atomic E-state index is 5.50. The summed E-state index contributed by atoms with van der Waals surface area (Å²) in [7, 11) is 3.83. The fourth-order valence-corrected chi connectivity index (χ4v) is 2.41. The second-order valence-electron chi connectivity index (χ2n) is 5.12. The van der Waals surface area contributed by atoms with Crippen LogP contribution in [0.15, 0.2) is 24.3 Å². The van der Waals surface area contributed by atoms with E-state index in [1.165, 1.54) is 5.69 Å². The van der Waals surface area contributed by atoms with Crippen molar-refractivity contribution in [2.45, 2.75) is 25.4 Å². The molecule has 2 unspecified atom stereocenters. The van der Waals surface area contributed by atoms with Gasteiger partial charge in [0.2, 0.25) is 0 Å². The zero-order valence-corrected chi connectivity index (χ0v) is 12.1. The van der Waals surface area contributed by atoms with E-state index in [0.717, 1.165) is 31.9 Å². The van der Waals surface area contributed by atoms with Gasteiger partial charge in [0.15, 0.2) is 0 Å². The highest BCUT2D eigenvalue weighted by Gasteiger charge is 2.19. The van der Waals surface area contributed by atoms with Crippen LogP contribution in [0, 0.1) is 0 Å². The van der Waals surface area contributed by atoms with Crippen LogP contribution in [-0.4, -0.2) is 46.0 Å². The number of hydrogen-bond donors (Lipinski definition) is 1. The van der Waals surface area contributed by atoms with Crippen LogP contribution >= 0.6 is 0 Å². The molecule has 1 aromatic carbocycles. The topological polar surface area (TPSA) is 33.7 Å². The first kappa shape index (κ1) is 14.2. The largest absolute Gasteiger partial charge is 0.497 e. The van der Waals surface area contributed by atoms with E-state index in [2.05, 4.69) is 36.3 Å². The Labute approximate surface area is 115 Å². The zero-order chi connectivity index (χ0) is 13.7. The van der Waals surface area contributed by atoms with Crippen LogP contribution in [0.25, 0.3) is 0 Å². The van der Waals surface area contributed by atoms with Gasteiger partial charge in [0.25, 0.3) is 0 Å². The quantitative estimate of drug-likeness (QED) is 0.880. The summed E-state index contributed by atoms with van der Waals surface area (Å²) in [4.78, 5) is 2.30. The number of methoxy groups -OCH3 is 1. The molecule has 0 aromatic heterocycles. The molecule has 4 heteroatoms. The third kappa shape index (κ3) is 3.85. The highest BCUT2D eigenvalue weighted by Crippen LogP contribution is 2.21. The van der Waals surface area contributed by atoms with Crippen LogP contribution in [0.4, 0.5) is 5.69 Å². The van der Waals surface area contributed by atoms with Crippen molar-refractivity contribution >= 4 is 5.69 Å². The Bertz CT molecular complexity index is 374. The molecule has 0 spiro atoms. The normalized spacial score (nSPS) is 20.9. The van der Waals surface area contributed by atoms with Gasteiger partial charge >= 0.3 is 0 Å². The molecule has 2 rings (SSSR count). The van der Waals surface area contributed by atoms with Crippen LogP contribution in [0.2, 0.25) is 0 Å². The lowest BCUT2D eigenvalue weighted by atomic mass is 10.1. The molecule has 1 aliphatic heterocycles. The summed E-state index contributed by atoms with van der Waals surface area (Å²) < 4.78 is 10.7. The predicted octanol–water partition coefficient (Wildman–Crippen LogP) is 1.90. The summed E-state index contributed by atoms with van der Waals surface area (Å²) in [5.41, 5.74) is 1.21. The van der Waals surface area contributed by atoms with Crippen LogP contribution in [0.1, 0.15) is 13.3 Å². The Kier molecular flexibility index (Phi) is 5.05. The lowest BCUT2D eigenvalue weighted by Gasteiger charge is -2.32. The van der Waals surface area contributed by atoms with E-state index in [-0.39, 0.29) is 0 Å².